The summed E-state index contributed by atoms with van der Waals surface area (Å²) in [4.78, 5) is 24.1. The smallest absolute Gasteiger partial charge is 0.250 e. The average molecular weight is 301 g/mol. The third kappa shape index (κ3) is 5.31. The predicted molar refractivity (Wildman–Crippen MR) is 82.2 cm³/mol. The molecule has 0 aliphatic carbocycles. The van der Waals surface area contributed by atoms with Crippen molar-refractivity contribution >= 4 is 23.9 Å². The molecule has 2 aromatic rings. The zero-order chi connectivity index (χ0) is 15.1. The molecule has 1 N–H and O–H groups in total. The van der Waals surface area contributed by atoms with E-state index in [2.05, 4.69) is 25.5 Å². The number of thioether (sulfide) groups is 1. The van der Waals surface area contributed by atoms with Crippen molar-refractivity contribution in [2.45, 2.75) is 19.0 Å². The minimum atomic E-state index is -0.206. The number of amides is 1. The molecule has 0 saturated heterocycles. The number of hydrogen-bond donors (Lipinski definition) is 1. The molecule has 0 spiro atoms. The lowest BCUT2D eigenvalue weighted by molar-refractivity contribution is -0.118. The van der Waals surface area contributed by atoms with Crippen LogP contribution in [0.4, 0.5) is 0 Å². The maximum absolute atomic E-state index is 11.7. The summed E-state index contributed by atoms with van der Waals surface area (Å²) in [5.41, 5.74) is 5.06. The van der Waals surface area contributed by atoms with Crippen LogP contribution in [0.5, 0.6) is 0 Å². The van der Waals surface area contributed by atoms with Crippen LogP contribution in [0.25, 0.3) is 0 Å². The molecule has 0 aliphatic rings. The fourth-order valence-corrected chi connectivity index (χ4v) is 2.29. The van der Waals surface area contributed by atoms with Gasteiger partial charge < -0.3 is 0 Å². The third-order valence-electron chi connectivity index (χ3n) is 2.38. The van der Waals surface area contributed by atoms with Gasteiger partial charge in [0.2, 0.25) is 0 Å². The highest BCUT2D eigenvalue weighted by molar-refractivity contribution is 7.99. The summed E-state index contributed by atoms with van der Waals surface area (Å²) in [7, 11) is 0. The van der Waals surface area contributed by atoms with Gasteiger partial charge in [-0.25, -0.2) is 15.4 Å². The van der Waals surface area contributed by atoms with Crippen LogP contribution in [0.3, 0.4) is 0 Å². The van der Waals surface area contributed by atoms with Gasteiger partial charge in [-0.3, -0.25) is 9.78 Å². The second-order valence-corrected chi connectivity index (χ2v) is 5.24. The van der Waals surface area contributed by atoms with Gasteiger partial charge in [-0.15, -0.1) is 0 Å². The maximum atomic E-state index is 11.7. The van der Waals surface area contributed by atoms with Crippen molar-refractivity contribution in [3.05, 3.63) is 47.5 Å². The Hall–Kier alpha value is -2.28. The molecular weight excluding hydrogens is 286 g/mol. The molecule has 2 aromatic heterocycles. The Kier molecular flexibility index (Phi) is 5.39. The van der Waals surface area contributed by atoms with E-state index in [4.69, 9.17) is 0 Å². The Bertz CT molecular complexity index is 625. The van der Waals surface area contributed by atoms with Crippen molar-refractivity contribution in [3.8, 4) is 0 Å². The van der Waals surface area contributed by atoms with Gasteiger partial charge in [0.1, 0.15) is 0 Å². The van der Waals surface area contributed by atoms with Crippen LogP contribution in [0.2, 0.25) is 0 Å². The number of aromatic nitrogens is 3. The number of nitrogens with one attached hydrogen (secondary N) is 1. The molecule has 0 fully saturated rings. The van der Waals surface area contributed by atoms with Gasteiger partial charge in [0, 0.05) is 29.3 Å². The van der Waals surface area contributed by atoms with Crippen molar-refractivity contribution < 1.29 is 4.79 Å². The molecule has 0 atom stereocenters. The minimum Gasteiger partial charge on any atom is -0.272 e. The second kappa shape index (κ2) is 7.49. The van der Waals surface area contributed by atoms with E-state index in [0.29, 0.717) is 5.16 Å². The first kappa shape index (κ1) is 15.1. The maximum Gasteiger partial charge on any atom is 0.250 e. The lowest BCUT2D eigenvalue weighted by Gasteiger charge is -2.02. The minimum absolute atomic E-state index is 0.206. The van der Waals surface area contributed by atoms with E-state index in [9.17, 15) is 4.79 Å². The topological polar surface area (TPSA) is 80.1 Å². The summed E-state index contributed by atoms with van der Waals surface area (Å²) in [6.45, 7) is 3.80. The van der Waals surface area contributed by atoms with Gasteiger partial charge in [0.15, 0.2) is 5.16 Å². The fraction of sp³-hybridized carbons (Fsp3) is 0.214. The normalized spacial score (nSPS) is 10.8. The van der Waals surface area contributed by atoms with Gasteiger partial charge in [-0.1, -0.05) is 17.8 Å². The van der Waals surface area contributed by atoms with Crippen molar-refractivity contribution in [2.24, 2.45) is 5.10 Å². The monoisotopic (exact) mass is 301 g/mol. The molecule has 0 saturated carbocycles. The van der Waals surface area contributed by atoms with Crippen molar-refractivity contribution in [1.82, 2.24) is 20.4 Å². The van der Waals surface area contributed by atoms with Gasteiger partial charge >= 0.3 is 0 Å². The van der Waals surface area contributed by atoms with E-state index in [1.165, 1.54) is 11.8 Å². The van der Waals surface area contributed by atoms with Gasteiger partial charge in [0.05, 0.1) is 12.0 Å². The molecule has 2 rings (SSSR count). The standard InChI is InChI=1S/C14H15N5OS/c1-10-6-11(2)18-14(17-10)21-9-13(20)19-16-8-12-4-3-5-15-7-12/h3-8H,9H2,1-2H3,(H,19,20)/b16-8-. The van der Waals surface area contributed by atoms with Gasteiger partial charge in [-0.05, 0) is 26.0 Å². The molecule has 0 unspecified atom stereocenters. The fourth-order valence-electron chi connectivity index (χ4n) is 1.55. The van der Waals surface area contributed by atoms with E-state index in [1.54, 1.807) is 24.7 Å². The molecule has 2 heterocycles. The first-order chi connectivity index (χ1) is 10.1. The molecule has 0 aliphatic heterocycles. The van der Waals surface area contributed by atoms with E-state index >= 15 is 0 Å². The Balaban J connectivity index is 1.81. The van der Waals surface area contributed by atoms with Crippen LogP contribution in [0, 0.1) is 13.8 Å². The number of carbonyl (C=O) groups is 1. The van der Waals surface area contributed by atoms with E-state index in [0.717, 1.165) is 17.0 Å². The highest BCUT2D eigenvalue weighted by Gasteiger charge is 2.05. The van der Waals surface area contributed by atoms with Crippen molar-refractivity contribution in [1.29, 1.82) is 0 Å². The van der Waals surface area contributed by atoms with E-state index < -0.39 is 0 Å². The van der Waals surface area contributed by atoms with Crippen LogP contribution in [0.15, 0.2) is 40.9 Å². The van der Waals surface area contributed by atoms with Gasteiger partial charge in [-0.2, -0.15) is 5.10 Å². The number of hydrazone groups is 1. The Morgan fingerprint density at radius 2 is 2.14 bits per heavy atom. The zero-order valence-corrected chi connectivity index (χ0v) is 12.6. The average Bonchev–Trinajstić information content (AvgIpc) is 2.45. The van der Waals surface area contributed by atoms with Crippen LogP contribution in [0.1, 0.15) is 17.0 Å². The molecule has 0 bridgehead atoms. The molecule has 108 valence electrons. The zero-order valence-electron chi connectivity index (χ0n) is 11.8. The molecule has 21 heavy (non-hydrogen) atoms. The molecule has 0 radical (unpaired) electrons. The summed E-state index contributed by atoms with van der Waals surface area (Å²) in [5, 5.41) is 4.47. The summed E-state index contributed by atoms with van der Waals surface area (Å²) >= 11 is 1.28. The SMILES string of the molecule is Cc1cc(C)nc(SCC(=O)N/N=C\c2cccnc2)n1. The summed E-state index contributed by atoms with van der Waals surface area (Å²) in [6.07, 6.45) is 4.88. The highest BCUT2D eigenvalue weighted by Crippen LogP contribution is 2.13. The Labute approximate surface area is 127 Å². The number of aryl methyl sites for hydroxylation is 2. The van der Waals surface area contributed by atoms with Crippen molar-refractivity contribution in [3.63, 3.8) is 0 Å². The quantitative estimate of drug-likeness (QED) is 0.394. The molecule has 6 nitrogen and oxygen atoms in total. The summed E-state index contributed by atoms with van der Waals surface area (Å²) < 4.78 is 0. The first-order valence-electron chi connectivity index (χ1n) is 6.30. The van der Waals surface area contributed by atoms with Crippen LogP contribution < -0.4 is 5.43 Å². The number of nitrogens with zero attached hydrogens (tertiary/aromatic N) is 4. The highest BCUT2D eigenvalue weighted by atomic mass is 32.2. The Morgan fingerprint density at radius 1 is 1.38 bits per heavy atom. The number of rotatable bonds is 5. The van der Waals surface area contributed by atoms with E-state index in [-0.39, 0.29) is 11.7 Å². The Morgan fingerprint density at radius 3 is 2.81 bits per heavy atom. The lowest BCUT2D eigenvalue weighted by atomic mass is 10.3. The number of pyridine rings is 1. The van der Waals surface area contributed by atoms with Crippen LogP contribution in [-0.2, 0) is 4.79 Å². The first-order valence-corrected chi connectivity index (χ1v) is 7.29. The van der Waals surface area contributed by atoms with Gasteiger partial charge in [0.25, 0.3) is 5.91 Å². The molecular formula is C14H15N5OS. The van der Waals surface area contributed by atoms with E-state index in [1.807, 2.05) is 26.0 Å². The predicted octanol–water partition coefficient (Wildman–Crippen LogP) is 1.73. The van der Waals surface area contributed by atoms with Crippen LogP contribution >= 0.6 is 11.8 Å². The molecule has 1 amide bonds. The molecule has 0 aromatic carbocycles. The molecule has 7 heteroatoms. The summed E-state index contributed by atoms with van der Waals surface area (Å²) in [6, 6.07) is 5.54. The van der Waals surface area contributed by atoms with Crippen LogP contribution in [-0.4, -0.2) is 32.8 Å². The van der Waals surface area contributed by atoms with Crippen molar-refractivity contribution in [2.75, 3.05) is 5.75 Å². The number of hydrogen-bond acceptors (Lipinski definition) is 6. The largest absolute Gasteiger partial charge is 0.272 e. The number of carbonyl (C=O) groups excluding carboxylic acids is 1. The second-order valence-electron chi connectivity index (χ2n) is 4.30. The third-order valence-corrected chi connectivity index (χ3v) is 3.23. The summed E-state index contributed by atoms with van der Waals surface area (Å²) in [5.74, 6) is 0.00990. The lowest BCUT2D eigenvalue weighted by Crippen LogP contribution is -2.19.